The third-order valence-electron chi connectivity index (χ3n) is 4.66. The predicted octanol–water partition coefficient (Wildman–Crippen LogP) is 3.62. The molecule has 0 saturated heterocycles. The van der Waals surface area contributed by atoms with Crippen LogP contribution in [0.4, 0.5) is 16.3 Å². The van der Waals surface area contributed by atoms with Crippen LogP contribution in [0.2, 0.25) is 0 Å². The highest BCUT2D eigenvalue weighted by Gasteiger charge is 2.18. The van der Waals surface area contributed by atoms with E-state index < -0.39 is 0 Å². The van der Waals surface area contributed by atoms with E-state index in [-0.39, 0.29) is 6.03 Å². The lowest BCUT2D eigenvalue weighted by Crippen LogP contribution is -2.36. The fraction of sp³-hybridized carbons (Fsp3) is 0.250. The zero-order valence-corrected chi connectivity index (χ0v) is 18.6. The van der Waals surface area contributed by atoms with Crippen molar-refractivity contribution in [3.05, 3.63) is 47.8 Å². The average Bonchev–Trinajstić information content (AvgIpc) is 3.43. The van der Waals surface area contributed by atoms with E-state index in [0.29, 0.717) is 41.1 Å². The lowest BCUT2D eigenvalue weighted by Gasteiger charge is -2.22. The number of hydrogen-bond donors (Lipinski definition) is 3. The van der Waals surface area contributed by atoms with Crippen molar-refractivity contribution in [2.24, 2.45) is 0 Å². The van der Waals surface area contributed by atoms with Gasteiger partial charge >= 0.3 is 6.03 Å². The minimum absolute atomic E-state index is 0.292. The van der Waals surface area contributed by atoms with E-state index in [9.17, 15) is 4.79 Å². The molecule has 0 spiro atoms. The highest BCUT2D eigenvalue weighted by atomic mass is 32.2. The lowest BCUT2D eigenvalue weighted by atomic mass is 10.1. The minimum Gasteiger partial charge on any atom is -0.308 e. The van der Waals surface area contributed by atoms with E-state index in [1.807, 2.05) is 18.2 Å². The second-order valence-corrected chi connectivity index (χ2v) is 8.59. The number of benzene rings is 1. The molecule has 0 unspecified atom stereocenters. The maximum atomic E-state index is 13.1. The van der Waals surface area contributed by atoms with Crippen LogP contribution in [0.5, 0.6) is 0 Å². The number of unbranched alkanes of at least 4 members (excludes halogenated alkanes) is 1. The Morgan fingerprint density at radius 3 is 2.78 bits per heavy atom. The van der Waals surface area contributed by atoms with Gasteiger partial charge in [0.05, 0.1) is 12.5 Å². The summed E-state index contributed by atoms with van der Waals surface area (Å²) < 4.78 is 0.623. The molecule has 3 aromatic heterocycles. The van der Waals surface area contributed by atoms with Crippen LogP contribution in [0.25, 0.3) is 10.3 Å². The summed E-state index contributed by atoms with van der Waals surface area (Å²) in [4.78, 5) is 24.4. The number of hydrogen-bond acceptors (Lipinski definition) is 9. The first-order valence-electron chi connectivity index (χ1n) is 9.85. The number of thiazole rings is 1. The number of pyridine rings is 1. The van der Waals surface area contributed by atoms with Crippen molar-refractivity contribution in [1.82, 2.24) is 30.6 Å². The summed E-state index contributed by atoms with van der Waals surface area (Å²) in [6, 6.07) is 12.7. The molecule has 32 heavy (non-hydrogen) atoms. The molecule has 0 fully saturated rings. The number of anilines is 2. The smallest absolute Gasteiger partial charge is 0.308 e. The zero-order valence-electron chi connectivity index (χ0n) is 16.9. The van der Waals surface area contributed by atoms with Gasteiger partial charge in [-0.2, -0.15) is 10.5 Å². The first kappa shape index (κ1) is 21.7. The second kappa shape index (κ2) is 10.2. The molecule has 0 bridgehead atoms. The van der Waals surface area contributed by atoms with E-state index in [4.69, 9.17) is 5.26 Å². The van der Waals surface area contributed by atoms with Gasteiger partial charge < -0.3 is 5.32 Å². The Morgan fingerprint density at radius 2 is 2.03 bits per heavy atom. The number of carbonyl (C=O) groups excluding carboxylic acids is 1. The predicted molar refractivity (Wildman–Crippen MR) is 124 cm³/mol. The number of nitriles is 1. The number of nitrogens with zero attached hydrogens (tertiary/aromatic N) is 7. The van der Waals surface area contributed by atoms with Crippen LogP contribution >= 0.6 is 24.0 Å². The van der Waals surface area contributed by atoms with Gasteiger partial charge in [0, 0.05) is 18.7 Å². The van der Waals surface area contributed by atoms with Gasteiger partial charge in [0.1, 0.15) is 20.5 Å². The largest absolute Gasteiger partial charge is 0.327 e. The van der Waals surface area contributed by atoms with E-state index in [2.05, 4.69) is 54.6 Å². The monoisotopic (exact) mass is 465 g/mol. The van der Waals surface area contributed by atoms with Crippen molar-refractivity contribution in [3.8, 4) is 6.07 Å². The Labute approximate surface area is 193 Å². The number of urea groups is 1. The Balaban J connectivity index is 1.49. The van der Waals surface area contributed by atoms with E-state index in [1.54, 1.807) is 23.1 Å². The molecular weight excluding hydrogens is 446 g/mol. The fourth-order valence-corrected chi connectivity index (χ4v) is 4.14. The molecule has 0 aliphatic rings. The maximum absolute atomic E-state index is 13.1. The summed E-state index contributed by atoms with van der Waals surface area (Å²) in [7, 11) is 0. The molecule has 0 aliphatic carbocycles. The molecule has 0 radical (unpaired) electrons. The molecule has 4 aromatic rings. The standard InChI is InChI=1S/C20H19N9OS2/c21-11-10-13-4-6-14(7-5-13)22-19(30)29(12-2-1-3-16-25-27-28-26-16)17-9-8-15-18(24-17)32-20(31)23-15/h4-9H,1-3,10,12H2,(H,22,30)(H,23,31)(H,25,26,27,28). The Hall–Kier alpha value is -3.56. The van der Waals surface area contributed by atoms with E-state index in [1.165, 1.54) is 11.3 Å². The zero-order chi connectivity index (χ0) is 22.3. The van der Waals surface area contributed by atoms with E-state index in [0.717, 1.165) is 28.8 Å². The van der Waals surface area contributed by atoms with Crippen molar-refractivity contribution >= 4 is 51.8 Å². The van der Waals surface area contributed by atoms with Gasteiger partial charge in [-0.05, 0) is 42.7 Å². The molecule has 2 amide bonds. The fourth-order valence-electron chi connectivity index (χ4n) is 3.10. The topological polar surface area (TPSA) is 136 Å². The first-order chi connectivity index (χ1) is 15.6. The summed E-state index contributed by atoms with van der Waals surface area (Å²) in [5.74, 6) is 1.18. The third kappa shape index (κ3) is 5.37. The van der Waals surface area contributed by atoms with Gasteiger partial charge in [-0.3, -0.25) is 4.90 Å². The summed E-state index contributed by atoms with van der Waals surface area (Å²) in [6.07, 6.45) is 2.50. The molecule has 12 heteroatoms. The van der Waals surface area contributed by atoms with Crippen molar-refractivity contribution < 1.29 is 4.79 Å². The number of aromatic nitrogens is 6. The SMILES string of the molecule is N#CCc1ccc(NC(=O)N(CCCCc2nn[nH]n2)c2ccc3nc(S)sc3n2)cc1. The number of nitrogens with one attached hydrogen (secondary N) is 2. The number of carbonyl (C=O) groups is 1. The van der Waals surface area contributed by atoms with Crippen molar-refractivity contribution in [2.45, 2.75) is 30.0 Å². The molecule has 0 atom stereocenters. The molecule has 4 rings (SSSR count). The Bertz CT molecular complexity index is 1230. The number of fused-ring (bicyclic) bond motifs is 1. The quantitative estimate of drug-likeness (QED) is 0.267. The molecule has 3 heterocycles. The summed E-state index contributed by atoms with van der Waals surface area (Å²) in [5, 5.41) is 25.6. The Morgan fingerprint density at radius 1 is 1.19 bits per heavy atom. The Kier molecular flexibility index (Phi) is 6.88. The summed E-state index contributed by atoms with van der Waals surface area (Å²) >= 11 is 5.65. The van der Waals surface area contributed by atoms with E-state index >= 15 is 0 Å². The molecule has 0 aliphatic heterocycles. The third-order valence-corrected chi connectivity index (χ3v) is 5.80. The highest BCUT2D eigenvalue weighted by molar-refractivity contribution is 7.82. The normalized spacial score (nSPS) is 10.8. The van der Waals surface area contributed by atoms with Gasteiger partial charge in [0.25, 0.3) is 0 Å². The van der Waals surface area contributed by atoms with Crippen LogP contribution in [0.15, 0.2) is 40.7 Å². The number of amides is 2. The van der Waals surface area contributed by atoms with Gasteiger partial charge in [-0.25, -0.2) is 14.8 Å². The number of rotatable bonds is 8. The van der Waals surface area contributed by atoms with Crippen molar-refractivity contribution in [1.29, 1.82) is 5.26 Å². The van der Waals surface area contributed by atoms with Crippen LogP contribution in [0.3, 0.4) is 0 Å². The minimum atomic E-state index is -0.292. The molecule has 162 valence electrons. The van der Waals surface area contributed by atoms with Crippen LogP contribution in [-0.2, 0) is 12.8 Å². The average molecular weight is 466 g/mol. The second-order valence-electron chi connectivity index (χ2n) is 6.89. The van der Waals surface area contributed by atoms with Crippen LogP contribution < -0.4 is 10.2 Å². The molecule has 10 nitrogen and oxygen atoms in total. The molecule has 0 saturated carbocycles. The highest BCUT2D eigenvalue weighted by Crippen LogP contribution is 2.26. The maximum Gasteiger partial charge on any atom is 0.327 e. The van der Waals surface area contributed by atoms with Gasteiger partial charge in [-0.15, -0.1) is 22.8 Å². The summed E-state index contributed by atoms with van der Waals surface area (Å²) in [6.45, 7) is 0.460. The van der Waals surface area contributed by atoms with Gasteiger partial charge in [0.15, 0.2) is 5.82 Å². The van der Waals surface area contributed by atoms with Crippen LogP contribution in [0, 0.1) is 11.3 Å². The van der Waals surface area contributed by atoms with Crippen LogP contribution in [-0.4, -0.2) is 43.2 Å². The molecule has 2 N–H and O–H groups in total. The van der Waals surface area contributed by atoms with Gasteiger partial charge in [0.2, 0.25) is 0 Å². The number of tetrazole rings is 1. The number of aryl methyl sites for hydroxylation is 1. The van der Waals surface area contributed by atoms with Gasteiger partial charge in [-0.1, -0.05) is 28.7 Å². The summed E-state index contributed by atoms with van der Waals surface area (Å²) in [5.41, 5.74) is 2.28. The first-order valence-corrected chi connectivity index (χ1v) is 11.1. The lowest BCUT2D eigenvalue weighted by molar-refractivity contribution is 0.256. The van der Waals surface area contributed by atoms with Crippen LogP contribution in [0.1, 0.15) is 24.2 Å². The number of H-pyrrole nitrogens is 1. The molecule has 1 aromatic carbocycles. The van der Waals surface area contributed by atoms with Crippen molar-refractivity contribution in [2.75, 3.05) is 16.8 Å². The number of aromatic amines is 1. The van der Waals surface area contributed by atoms with Crippen molar-refractivity contribution in [3.63, 3.8) is 0 Å². The molecular formula is C20H19N9OS2. The number of thiol groups is 1.